The maximum absolute atomic E-state index is 12.9. The fourth-order valence-corrected chi connectivity index (χ4v) is 5.55. The molecule has 1 aliphatic heterocycles. The first kappa shape index (κ1) is 22.9. The lowest BCUT2D eigenvalue weighted by Gasteiger charge is -2.26. The molecule has 1 saturated heterocycles. The van der Waals surface area contributed by atoms with Gasteiger partial charge in [-0.15, -0.1) is 11.8 Å². The Morgan fingerprint density at radius 1 is 0.886 bits per heavy atom. The first-order valence-corrected chi connectivity index (χ1v) is 12.8. The number of nitrogens with one attached hydrogen (secondary N) is 1. The molecule has 5 rings (SSSR count). The number of amides is 2. The van der Waals surface area contributed by atoms with Crippen molar-refractivity contribution in [3.05, 3.63) is 120 Å². The maximum Gasteiger partial charge on any atom is 0.255 e. The Balaban J connectivity index is 1.35. The molecule has 1 fully saturated rings. The van der Waals surface area contributed by atoms with E-state index in [1.54, 1.807) is 11.8 Å². The molecule has 35 heavy (non-hydrogen) atoms. The first-order valence-electron chi connectivity index (χ1n) is 11.7. The quantitative estimate of drug-likeness (QED) is 0.326. The third kappa shape index (κ3) is 4.86. The summed E-state index contributed by atoms with van der Waals surface area (Å²) in [5, 5.41) is 2.89. The maximum atomic E-state index is 12.9. The Labute approximate surface area is 210 Å². The summed E-state index contributed by atoms with van der Waals surface area (Å²) >= 11 is 1.61. The number of aryl methyl sites for hydroxylation is 1. The Morgan fingerprint density at radius 3 is 2.37 bits per heavy atom. The largest absolute Gasteiger partial charge is 0.322 e. The molecule has 5 heteroatoms. The van der Waals surface area contributed by atoms with E-state index in [0.29, 0.717) is 17.0 Å². The van der Waals surface area contributed by atoms with Gasteiger partial charge in [-0.2, -0.15) is 0 Å². The molecule has 1 aliphatic rings. The van der Waals surface area contributed by atoms with Crippen molar-refractivity contribution in [2.45, 2.75) is 18.7 Å². The van der Waals surface area contributed by atoms with Crippen LogP contribution in [0.3, 0.4) is 0 Å². The molecule has 4 aromatic rings. The van der Waals surface area contributed by atoms with Crippen LogP contribution in [-0.4, -0.2) is 17.6 Å². The molecule has 0 bridgehead atoms. The normalized spacial score (nSPS) is 15.3. The summed E-state index contributed by atoms with van der Waals surface area (Å²) in [6.45, 7) is 2.10. The van der Waals surface area contributed by atoms with Crippen molar-refractivity contribution >= 4 is 35.0 Å². The molecule has 1 unspecified atom stereocenters. The molecule has 0 aliphatic carbocycles. The van der Waals surface area contributed by atoms with Crippen LogP contribution in [-0.2, 0) is 11.2 Å². The molecule has 174 valence electrons. The number of para-hydroxylation sites is 1. The van der Waals surface area contributed by atoms with E-state index >= 15 is 0 Å². The molecule has 1 atom stereocenters. The lowest BCUT2D eigenvalue weighted by Crippen LogP contribution is -2.28. The molecule has 4 aromatic carbocycles. The van der Waals surface area contributed by atoms with Gasteiger partial charge in [0.05, 0.1) is 5.75 Å². The van der Waals surface area contributed by atoms with Crippen LogP contribution in [0.15, 0.2) is 103 Å². The second-order valence-corrected chi connectivity index (χ2v) is 9.50. The molecule has 0 aromatic heterocycles. The Morgan fingerprint density at radius 2 is 1.60 bits per heavy atom. The molecule has 2 amide bonds. The van der Waals surface area contributed by atoms with Crippen LogP contribution in [0.1, 0.15) is 33.8 Å². The van der Waals surface area contributed by atoms with E-state index in [9.17, 15) is 9.59 Å². The van der Waals surface area contributed by atoms with Crippen molar-refractivity contribution in [2.75, 3.05) is 16.0 Å². The minimum atomic E-state index is -0.162. The van der Waals surface area contributed by atoms with Crippen molar-refractivity contribution in [2.24, 2.45) is 0 Å². The van der Waals surface area contributed by atoms with Crippen molar-refractivity contribution in [1.29, 1.82) is 0 Å². The number of anilines is 2. The monoisotopic (exact) mass is 478 g/mol. The van der Waals surface area contributed by atoms with Crippen LogP contribution in [0, 0.1) is 0 Å². The zero-order chi connectivity index (χ0) is 24.2. The zero-order valence-corrected chi connectivity index (χ0v) is 20.3. The van der Waals surface area contributed by atoms with Crippen molar-refractivity contribution < 1.29 is 9.59 Å². The summed E-state index contributed by atoms with van der Waals surface area (Å²) in [7, 11) is 0. The van der Waals surface area contributed by atoms with Crippen molar-refractivity contribution in [1.82, 2.24) is 0 Å². The molecular weight excluding hydrogens is 452 g/mol. The van der Waals surface area contributed by atoms with Crippen LogP contribution in [0.5, 0.6) is 0 Å². The number of nitrogens with zero attached hydrogens (tertiary/aromatic N) is 1. The highest BCUT2D eigenvalue weighted by atomic mass is 32.2. The van der Waals surface area contributed by atoms with E-state index < -0.39 is 0 Å². The van der Waals surface area contributed by atoms with E-state index in [1.807, 2.05) is 89.8 Å². The fourth-order valence-electron chi connectivity index (χ4n) is 4.39. The number of rotatable bonds is 6. The van der Waals surface area contributed by atoms with Crippen LogP contribution in [0.25, 0.3) is 11.1 Å². The Bertz CT molecular complexity index is 1350. The predicted molar refractivity (Wildman–Crippen MR) is 145 cm³/mol. The first-order chi connectivity index (χ1) is 17.1. The lowest BCUT2D eigenvalue weighted by molar-refractivity contribution is -0.115. The second kappa shape index (κ2) is 10.2. The van der Waals surface area contributed by atoms with Gasteiger partial charge in [-0.1, -0.05) is 79.7 Å². The molecule has 1 heterocycles. The SMILES string of the molecule is CCc1ccccc1N1C(=O)CSC1c1cccc(NC(=O)c2ccc(-c3ccccc3)cc2)c1. The molecule has 4 nitrogen and oxygen atoms in total. The molecule has 0 spiro atoms. The summed E-state index contributed by atoms with van der Waals surface area (Å²) in [5.74, 6) is 0.381. The van der Waals surface area contributed by atoms with Gasteiger partial charge in [0.1, 0.15) is 5.37 Å². The van der Waals surface area contributed by atoms with E-state index in [2.05, 4.69) is 30.4 Å². The number of thioether (sulfide) groups is 1. The summed E-state index contributed by atoms with van der Waals surface area (Å²) in [4.78, 5) is 27.7. The zero-order valence-electron chi connectivity index (χ0n) is 19.5. The van der Waals surface area contributed by atoms with Crippen LogP contribution < -0.4 is 10.2 Å². The number of carbonyl (C=O) groups excluding carboxylic acids is 2. The Kier molecular flexibility index (Phi) is 6.68. The minimum absolute atomic E-state index is 0.105. The van der Waals surface area contributed by atoms with Gasteiger partial charge in [0.25, 0.3) is 5.91 Å². The molecular formula is C30H26N2O2S. The van der Waals surface area contributed by atoms with Gasteiger partial charge in [-0.05, 0) is 59.0 Å². The average Bonchev–Trinajstić information content (AvgIpc) is 3.30. The van der Waals surface area contributed by atoms with E-state index in [4.69, 9.17) is 0 Å². The molecule has 0 radical (unpaired) electrons. The third-order valence-electron chi connectivity index (χ3n) is 6.18. The minimum Gasteiger partial charge on any atom is -0.322 e. The Hall–Kier alpha value is -3.83. The number of benzene rings is 4. The summed E-state index contributed by atoms with van der Waals surface area (Å²) < 4.78 is 0. The van der Waals surface area contributed by atoms with Gasteiger partial charge < -0.3 is 5.32 Å². The predicted octanol–water partition coefficient (Wildman–Crippen LogP) is 6.95. The van der Waals surface area contributed by atoms with Crippen LogP contribution in [0.4, 0.5) is 11.4 Å². The van der Waals surface area contributed by atoms with E-state index in [0.717, 1.165) is 34.4 Å². The molecule has 0 saturated carbocycles. The van der Waals surface area contributed by atoms with Crippen LogP contribution >= 0.6 is 11.8 Å². The fraction of sp³-hybridized carbons (Fsp3) is 0.133. The highest BCUT2D eigenvalue weighted by Crippen LogP contribution is 2.43. The lowest BCUT2D eigenvalue weighted by atomic mass is 10.0. The highest BCUT2D eigenvalue weighted by molar-refractivity contribution is 8.00. The molecule has 1 N–H and O–H groups in total. The van der Waals surface area contributed by atoms with Gasteiger partial charge >= 0.3 is 0 Å². The number of hydrogen-bond acceptors (Lipinski definition) is 3. The summed E-state index contributed by atoms with van der Waals surface area (Å²) in [5.41, 5.74) is 6.59. The van der Waals surface area contributed by atoms with Gasteiger partial charge in [-0.25, -0.2) is 0 Å². The second-order valence-electron chi connectivity index (χ2n) is 8.43. The number of hydrogen-bond donors (Lipinski definition) is 1. The van der Waals surface area contributed by atoms with Gasteiger partial charge in [0.2, 0.25) is 5.91 Å². The van der Waals surface area contributed by atoms with Gasteiger partial charge in [0.15, 0.2) is 0 Å². The van der Waals surface area contributed by atoms with E-state index in [-0.39, 0.29) is 17.2 Å². The topological polar surface area (TPSA) is 49.4 Å². The highest BCUT2D eigenvalue weighted by Gasteiger charge is 2.35. The van der Waals surface area contributed by atoms with Gasteiger partial charge in [-0.3, -0.25) is 14.5 Å². The summed E-state index contributed by atoms with van der Waals surface area (Å²) in [6, 6.07) is 33.6. The van der Waals surface area contributed by atoms with Crippen molar-refractivity contribution in [3.8, 4) is 11.1 Å². The third-order valence-corrected chi connectivity index (χ3v) is 7.40. The summed E-state index contributed by atoms with van der Waals surface area (Å²) in [6.07, 6.45) is 0.858. The van der Waals surface area contributed by atoms with Gasteiger partial charge in [0, 0.05) is 16.9 Å². The van der Waals surface area contributed by atoms with Crippen molar-refractivity contribution in [3.63, 3.8) is 0 Å². The van der Waals surface area contributed by atoms with Crippen LogP contribution in [0.2, 0.25) is 0 Å². The average molecular weight is 479 g/mol. The number of carbonyl (C=O) groups is 2. The smallest absolute Gasteiger partial charge is 0.255 e. The van der Waals surface area contributed by atoms with E-state index in [1.165, 1.54) is 0 Å². The standard InChI is InChI=1S/C30H26N2O2S/c1-2-21-9-6-7-14-27(21)32-28(33)20-35-30(32)25-12-8-13-26(19-25)31-29(34)24-17-15-23(16-18-24)22-10-4-3-5-11-22/h3-19,30H,2,20H2,1H3,(H,31,34).